The van der Waals surface area contributed by atoms with Crippen molar-refractivity contribution in [2.24, 2.45) is 0 Å². The normalized spacial score (nSPS) is 12.5. The number of halogens is 1. The van der Waals surface area contributed by atoms with Crippen molar-refractivity contribution in [2.45, 2.75) is 39.7 Å². The van der Waals surface area contributed by atoms with Gasteiger partial charge in [0, 0.05) is 13.0 Å². The third-order valence-electron chi connectivity index (χ3n) is 2.77. The second-order valence-corrected chi connectivity index (χ2v) is 4.07. The van der Waals surface area contributed by atoms with Gasteiger partial charge < -0.3 is 4.74 Å². The fraction of sp³-hybridized carbons (Fsp3) is 0.500. The van der Waals surface area contributed by atoms with Crippen LogP contribution in [0.5, 0.6) is 0 Å². The Bertz CT molecular complexity index is 388. The molecule has 0 saturated heterocycles. The van der Waals surface area contributed by atoms with Crippen LogP contribution in [-0.2, 0) is 16.0 Å². The highest BCUT2D eigenvalue weighted by Crippen LogP contribution is 2.13. The number of ketones is 1. The van der Waals surface area contributed by atoms with Crippen LogP contribution in [0.4, 0.5) is 4.39 Å². The molecule has 94 valence electrons. The van der Waals surface area contributed by atoms with Crippen molar-refractivity contribution in [3.63, 3.8) is 0 Å². The SMILES string of the molecule is CCOC(CC)C(=O)Cc1cc(F)ccc1C. The van der Waals surface area contributed by atoms with Gasteiger partial charge in [-0.1, -0.05) is 13.0 Å². The second kappa shape index (κ2) is 6.50. The molecule has 1 rings (SSSR count). The average molecular weight is 238 g/mol. The van der Waals surface area contributed by atoms with Crippen LogP contribution >= 0.6 is 0 Å². The summed E-state index contributed by atoms with van der Waals surface area (Å²) >= 11 is 0. The Kier molecular flexibility index (Phi) is 5.29. The van der Waals surface area contributed by atoms with Crippen LogP contribution in [0.15, 0.2) is 18.2 Å². The molecule has 1 unspecified atom stereocenters. The van der Waals surface area contributed by atoms with Crippen LogP contribution < -0.4 is 0 Å². The first-order valence-electron chi connectivity index (χ1n) is 5.97. The van der Waals surface area contributed by atoms with Crippen LogP contribution in [-0.4, -0.2) is 18.5 Å². The van der Waals surface area contributed by atoms with E-state index in [1.165, 1.54) is 12.1 Å². The number of hydrogen-bond acceptors (Lipinski definition) is 2. The smallest absolute Gasteiger partial charge is 0.165 e. The van der Waals surface area contributed by atoms with E-state index < -0.39 is 0 Å². The van der Waals surface area contributed by atoms with Gasteiger partial charge in [-0.3, -0.25) is 4.79 Å². The van der Waals surface area contributed by atoms with E-state index >= 15 is 0 Å². The Morgan fingerprint density at radius 3 is 2.71 bits per heavy atom. The van der Waals surface area contributed by atoms with Crippen molar-refractivity contribution >= 4 is 5.78 Å². The van der Waals surface area contributed by atoms with Crippen LogP contribution in [0, 0.1) is 12.7 Å². The zero-order chi connectivity index (χ0) is 12.8. The predicted octanol–water partition coefficient (Wildman–Crippen LogP) is 3.06. The zero-order valence-corrected chi connectivity index (χ0v) is 10.6. The van der Waals surface area contributed by atoms with Gasteiger partial charge in [-0.15, -0.1) is 0 Å². The lowest BCUT2D eigenvalue weighted by Crippen LogP contribution is -2.25. The molecule has 0 N–H and O–H groups in total. The first-order chi connectivity index (χ1) is 8.08. The van der Waals surface area contributed by atoms with Crippen LogP contribution in [0.1, 0.15) is 31.4 Å². The molecule has 1 aromatic carbocycles. The number of benzene rings is 1. The van der Waals surface area contributed by atoms with Gasteiger partial charge in [0.1, 0.15) is 11.9 Å². The Hall–Kier alpha value is -1.22. The Morgan fingerprint density at radius 2 is 2.12 bits per heavy atom. The summed E-state index contributed by atoms with van der Waals surface area (Å²) in [7, 11) is 0. The van der Waals surface area contributed by atoms with Gasteiger partial charge in [-0.05, 0) is 43.5 Å². The summed E-state index contributed by atoms with van der Waals surface area (Å²) in [5, 5.41) is 0. The van der Waals surface area contributed by atoms with Crippen molar-refractivity contribution in [1.29, 1.82) is 0 Å². The summed E-state index contributed by atoms with van der Waals surface area (Å²) in [5.41, 5.74) is 1.68. The van der Waals surface area contributed by atoms with Crippen molar-refractivity contribution in [3.8, 4) is 0 Å². The van der Waals surface area contributed by atoms with Gasteiger partial charge in [0.05, 0.1) is 0 Å². The molecule has 0 aliphatic heterocycles. The maximum absolute atomic E-state index is 13.1. The molecule has 0 aromatic heterocycles. The number of carbonyl (C=O) groups excluding carboxylic acids is 1. The van der Waals surface area contributed by atoms with E-state index in [9.17, 15) is 9.18 Å². The highest BCUT2D eigenvalue weighted by molar-refractivity contribution is 5.85. The van der Waals surface area contributed by atoms with Crippen molar-refractivity contribution in [2.75, 3.05) is 6.61 Å². The molecule has 0 aliphatic carbocycles. The highest BCUT2D eigenvalue weighted by Gasteiger charge is 2.17. The molecule has 1 aromatic rings. The second-order valence-electron chi connectivity index (χ2n) is 4.07. The zero-order valence-electron chi connectivity index (χ0n) is 10.6. The number of carbonyl (C=O) groups is 1. The van der Waals surface area contributed by atoms with Gasteiger partial charge >= 0.3 is 0 Å². The molecule has 0 aliphatic rings. The average Bonchev–Trinajstić information content (AvgIpc) is 2.30. The number of aryl methyl sites for hydroxylation is 1. The standard InChI is InChI=1S/C14H19FO2/c1-4-14(17-5-2)13(16)9-11-8-12(15)7-6-10(11)3/h6-8,14H,4-5,9H2,1-3H3. The largest absolute Gasteiger partial charge is 0.371 e. The maximum Gasteiger partial charge on any atom is 0.165 e. The molecule has 0 radical (unpaired) electrons. The first-order valence-corrected chi connectivity index (χ1v) is 5.97. The Labute approximate surface area is 102 Å². The molecule has 0 bridgehead atoms. The van der Waals surface area contributed by atoms with Crippen LogP contribution in [0.3, 0.4) is 0 Å². The highest BCUT2D eigenvalue weighted by atomic mass is 19.1. The third-order valence-corrected chi connectivity index (χ3v) is 2.77. The van der Waals surface area contributed by atoms with Crippen LogP contribution in [0.2, 0.25) is 0 Å². The Balaban J connectivity index is 2.76. The summed E-state index contributed by atoms with van der Waals surface area (Å²) in [6.45, 7) is 6.18. The minimum Gasteiger partial charge on any atom is -0.371 e. The molecule has 17 heavy (non-hydrogen) atoms. The van der Waals surface area contributed by atoms with Gasteiger partial charge in [0.2, 0.25) is 0 Å². The van der Waals surface area contributed by atoms with Gasteiger partial charge in [-0.25, -0.2) is 4.39 Å². The van der Waals surface area contributed by atoms with Crippen molar-refractivity contribution < 1.29 is 13.9 Å². The summed E-state index contributed by atoms with van der Waals surface area (Å²) in [4.78, 5) is 11.9. The molecule has 0 amide bonds. The minimum atomic E-state index is -0.373. The van der Waals surface area contributed by atoms with E-state index in [-0.39, 0.29) is 24.1 Å². The number of hydrogen-bond donors (Lipinski definition) is 0. The van der Waals surface area contributed by atoms with Gasteiger partial charge in [-0.2, -0.15) is 0 Å². The lowest BCUT2D eigenvalue weighted by atomic mass is 10.00. The van der Waals surface area contributed by atoms with E-state index in [0.717, 1.165) is 11.1 Å². The molecule has 0 saturated carbocycles. The summed E-state index contributed by atoms with van der Waals surface area (Å²) in [6.07, 6.45) is 0.519. The van der Waals surface area contributed by atoms with E-state index in [1.54, 1.807) is 6.07 Å². The molecule has 0 fully saturated rings. The fourth-order valence-electron chi connectivity index (χ4n) is 1.77. The summed E-state index contributed by atoms with van der Waals surface area (Å²) < 4.78 is 18.4. The maximum atomic E-state index is 13.1. The quantitative estimate of drug-likeness (QED) is 0.761. The predicted molar refractivity (Wildman–Crippen MR) is 65.6 cm³/mol. The lowest BCUT2D eigenvalue weighted by molar-refractivity contribution is -0.129. The van der Waals surface area contributed by atoms with E-state index in [2.05, 4.69) is 0 Å². The molecular formula is C14H19FO2. The minimum absolute atomic E-state index is 0.0167. The van der Waals surface area contributed by atoms with Gasteiger partial charge in [0.15, 0.2) is 5.78 Å². The molecule has 3 heteroatoms. The monoisotopic (exact) mass is 238 g/mol. The fourth-order valence-corrected chi connectivity index (χ4v) is 1.77. The molecule has 1 atom stereocenters. The van der Waals surface area contributed by atoms with Gasteiger partial charge in [0.25, 0.3) is 0 Å². The lowest BCUT2D eigenvalue weighted by Gasteiger charge is -2.14. The summed E-state index contributed by atoms with van der Waals surface area (Å²) in [6, 6.07) is 4.52. The van der Waals surface area contributed by atoms with Crippen molar-refractivity contribution in [1.82, 2.24) is 0 Å². The van der Waals surface area contributed by atoms with E-state index in [0.29, 0.717) is 13.0 Å². The topological polar surface area (TPSA) is 26.3 Å². The van der Waals surface area contributed by atoms with E-state index in [4.69, 9.17) is 4.74 Å². The molecule has 2 nitrogen and oxygen atoms in total. The number of ether oxygens (including phenoxy) is 1. The summed E-state index contributed by atoms with van der Waals surface area (Å²) in [5.74, 6) is -0.286. The molecule has 0 spiro atoms. The third kappa shape index (κ3) is 3.93. The molecule has 0 heterocycles. The number of rotatable bonds is 6. The van der Waals surface area contributed by atoms with Crippen molar-refractivity contribution in [3.05, 3.63) is 35.1 Å². The van der Waals surface area contributed by atoms with Crippen LogP contribution in [0.25, 0.3) is 0 Å². The first kappa shape index (κ1) is 13.8. The Morgan fingerprint density at radius 1 is 1.41 bits per heavy atom. The van der Waals surface area contributed by atoms with E-state index in [1.807, 2.05) is 20.8 Å². The molecular weight excluding hydrogens is 219 g/mol. The number of Topliss-reactive ketones (excluding diaryl/α,β-unsaturated/α-hetero) is 1.